The van der Waals surface area contributed by atoms with Gasteiger partial charge < -0.3 is 19.0 Å². The second kappa shape index (κ2) is 6.53. The summed E-state index contributed by atoms with van der Waals surface area (Å²) >= 11 is 0. The summed E-state index contributed by atoms with van der Waals surface area (Å²) < 4.78 is 11.3. The topological polar surface area (TPSA) is 42.9 Å². The van der Waals surface area contributed by atoms with Crippen LogP contribution in [0.2, 0.25) is 0 Å². The Morgan fingerprint density at radius 3 is 2.62 bits per heavy atom. The highest BCUT2D eigenvalue weighted by molar-refractivity contribution is 5.72. The highest BCUT2D eigenvalue weighted by Crippen LogP contribution is 2.27. The summed E-state index contributed by atoms with van der Waals surface area (Å²) in [5, 5.41) is 0. The van der Waals surface area contributed by atoms with Crippen molar-refractivity contribution in [2.75, 3.05) is 38.2 Å². The van der Waals surface area contributed by atoms with Gasteiger partial charge in [0.05, 0.1) is 39.0 Å². The number of fused-ring (bicyclic) bond motifs is 1. The smallest absolute Gasteiger partial charge is 0.251 e. The quantitative estimate of drug-likeness (QED) is 0.794. The zero-order valence-corrected chi connectivity index (χ0v) is 13.9. The Bertz CT molecular complexity index is 789. The van der Waals surface area contributed by atoms with E-state index in [1.165, 1.54) is 10.6 Å². The number of hydrogen-bond donors (Lipinski definition) is 1. The van der Waals surface area contributed by atoms with Crippen LogP contribution in [0, 0.1) is 0 Å². The molecule has 5 nitrogen and oxygen atoms in total. The molecule has 0 aliphatic carbocycles. The highest BCUT2D eigenvalue weighted by Gasteiger charge is 2.23. The molecule has 4 rings (SSSR count). The fourth-order valence-electron chi connectivity index (χ4n) is 3.34. The van der Waals surface area contributed by atoms with Crippen LogP contribution in [0.4, 0.5) is 5.69 Å². The number of nitrogens with one attached hydrogen (secondary N) is 1. The predicted molar refractivity (Wildman–Crippen MR) is 93.6 cm³/mol. The highest BCUT2D eigenvalue weighted by atomic mass is 16.5. The molecule has 0 spiro atoms. The maximum Gasteiger partial charge on any atom is 0.251 e. The normalized spacial score (nSPS) is 15.8. The minimum absolute atomic E-state index is 0.831. The number of para-hydroxylation sites is 4. The van der Waals surface area contributed by atoms with Crippen LogP contribution in [0.25, 0.3) is 11.1 Å². The zero-order chi connectivity index (χ0) is 16.4. The molecule has 2 aromatic carbocycles. The summed E-state index contributed by atoms with van der Waals surface area (Å²) in [5.41, 5.74) is 3.00. The van der Waals surface area contributed by atoms with Gasteiger partial charge in [0.1, 0.15) is 11.3 Å². The van der Waals surface area contributed by atoms with Gasteiger partial charge in [-0.25, -0.2) is 4.98 Å². The number of rotatable bonds is 4. The minimum atomic E-state index is 0.831. The van der Waals surface area contributed by atoms with E-state index in [1.54, 1.807) is 7.11 Å². The third-order valence-electron chi connectivity index (χ3n) is 4.64. The number of ether oxygens (including phenoxy) is 1. The third kappa shape index (κ3) is 2.95. The zero-order valence-electron chi connectivity index (χ0n) is 13.9. The molecule has 0 bridgehead atoms. The average Bonchev–Trinajstić information content (AvgIpc) is 3.04. The predicted octanol–water partition coefficient (Wildman–Crippen LogP) is 1.74. The van der Waals surface area contributed by atoms with E-state index in [1.807, 2.05) is 36.4 Å². The maximum atomic E-state index is 5.85. The second-order valence-corrected chi connectivity index (χ2v) is 6.16. The Morgan fingerprint density at radius 1 is 1.08 bits per heavy atom. The van der Waals surface area contributed by atoms with E-state index in [9.17, 15) is 0 Å². The lowest BCUT2D eigenvalue weighted by molar-refractivity contribution is -0.915. The van der Waals surface area contributed by atoms with E-state index < -0.39 is 0 Å². The van der Waals surface area contributed by atoms with Gasteiger partial charge in [-0.2, -0.15) is 0 Å². The summed E-state index contributed by atoms with van der Waals surface area (Å²) in [6.45, 7) is 4.99. The molecule has 0 amide bonds. The van der Waals surface area contributed by atoms with Crippen molar-refractivity contribution in [1.29, 1.82) is 0 Å². The van der Waals surface area contributed by atoms with E-state index in [0.29, 0.717) is 0 Å². The monoisotopic (exact) mass is 324 g/mol. The van der Waals surface area contributed by atoms with Crippen LogP contribution in [0.3, 0.4) is 0 Å². The van der Waals surface area contributed by atoms with E-state index >= 15 is 0 Å². The molecule has 0 unspecified atom stereocenters. The Balaban J connectivity index is 1.41. The molecule has 1 fully saturated rings. The first-order valence-corrected chi connectivity index (χ1v) is 8.39. The van der Waals surface area contributed by atoms with Crippen LogP contribution >= 0.6 is 0 Å². The van der Waals surface area contributed by atoms with E-state index in [4.69, 9.17) is 9.15 Å². The summed E-state index contributed by atoms with van der Waals surface area (Å²) in [6, 6.07) is 16.2. The number of quaternary nitrogens is 1. The Hall–Kier alpha value is -2.53. The van der Waals surface area contributed by atoms with Crippen LogP contribution < -0.4 is 14.5 Å². The molecule has 1 aliphatic rings. The van der Waals surface area contributed by atoms with Gasteiger partial charge >= 0.3 is 0 Å². The average molecular weight is 324 g/mol. The standard InChI is InChI=1S/C19H21N3O2/c1-23-18-9-5-3-7-16(18)22-12-10-21(11-13-22)14-19-20-15-6-2-4-8-17(15)24-19/h2-9H,10-14H2,1H3/p+1. The number of hydrogen-bond acceptors (Lipinski definition) is 4. The van der Waals surface area contributed by atoms with Gasteiger partial charge in [-0.3, -0.25) is 0 Å². The second-order valence-electron chi connectivity index (χ2n) is 6.16. The van der Waals surface area contributed by atoms with Gasteiger partial charge in [0.2, 0.25) is 0 Å². The number of oxazole rings is 1. The molecule has 2 heterocycles. The maximum absolute atomic E-state index is 5.85. The number of piperazine rings is 1. The van der Waals surface area contributed by atoms with Crippen LogP contribution in [0.15, 0.2) is 52.9 Å². The number of methoxy groups -OCH3 is 1. The Kier molecular flexibility index (Phi) is 4.09. The summed E-state index contributed by atoms with van der Waals surface area (Å²) in [7, 11) is 1.73. The molecule has 1 aromatic heterocycles. The van der Waals surface area contributed by atoms with Crippen molar-refractivity contribution in [3.05, 3.63) is 54.4 Å². The van der Waals surface area contributed by atoms with Crippen molar-refractivity contribution < 1.29 is 14.1 Å². The van der Waals surface area contributed by atoms with E-state index in [0.717, 1.165) is 55.5 Å². The Labute approximate surface area is 141 Å². The van der Waals surface area contributed by atoms with Gasteiger partial charge in [0, 0.05) is 0 Å². The first-order chi connectivity index (χ1) is 11.8. The summed E-state index contributed by atoms with van der Waals surface area (Å²) in [6.07, 6.45) is 0. The first-order valence-electron chi connectivity index (χ1n) is 8.39. The van der Waals surface area contributed by atoms with Crippen LogP contribution in [-0.2, 0) is 6.54 Å². The Morgan fingerprint density at radius 2 is 1.83 bits per heavy atom. The third-order valence-corrected chi connectivity index (χ3v) is 4.64. The van der Waals surface area contributed by atoms with E-state index in [-0.39, 0.29) is 0 Å². The lowest BCUT2D eigenvalue weighted by Crippen LogP contribution is -3.13. The molecular weight excluding hydrogens is 302 g/mol. The largest absolute Gasteiger partial charge is 0.495 e. The molecule has 0 atom stereocenters. The number of anilines is 1. The molecule has 3 aromatic rings. The van der Waals surface area contributed by atoms with Gasteiger partial charge in [0.15, 0.2) is 12.1 Å². The molecule has 1 aliphatic heterocycles. The minimum Gasteiger partial charge on any atom is -0.495 e. The number of aromatic nitrogens is 1. The van der Waals surface area contributed by atoms with Crippen molar-refractivity contribution >= 4 is 16.8 Å². The summed E-state index contributed by atoms with van der Waals surface area (Å²) in [5.74, 6) is 1.77. The summed E-state index contributed by atoms with van der Waals surface area (Å²) in [4.78, 5) is 8.49. The van der Waals surface area contributed by atoms with Gasteiger partial charge in [-0.1, -0.05) is 24.3 Å². The number of nitrogens with zero attached hydrogens (tertiary/aromatic N) is 2. The molecule has 1 saturated heterocycles. The molecule has 1 N–H and O–H groups in total. The van der Waals surface area contributed by atoms with Crippen molar-refractivity contribution in [3.63, 3.8) is 0 Å². The van der Waals surface area contributed by atoms with Gasteiger partial charge in [-0.15, -0.1) is 0 Å². The number of benzene rings is 2. The van der Waals surface area contributed by atoms with Crippen LogP contribution in [0.1, 0.15) is 5.89 Å². The SMILES string of the molecule is COc1ccccc1N1CC[NH+](Cc2nc3ccccc3o2)CC1. The van der Waals surface area contributed by atoms with Gasteiger partial charge in [-0.05, 0) is 24.3 Å². The van der Waals surface area contributed by atoms with Crippen LogP contribution in [0.5, 0.6) is 5.75 Å². The van der Waals surface area contributed by atoms with Crippen molar-refractivity contribution in [1.82, 2.24) is 4.98 Å². The van der Waals surface area contributed by atoms with Crippen molar-refractivity contribution in [3.8, 4) is 5.75 Å². The van der Waals surface area contributed by atoms with E-state index in [2.05, 4.69) is 22.0 Å². The van der Waals surface area contributed by atoms with Crippen molar-refractivity contribution in [2.45, 2.75) is 6.54 Å². The molecule has 5 heteroatoms. The van der Waals surface area contributed by atoms with Gasteiger partial charge in [0.25, 0.3) is 5.89 Å². The lowest BCUT2D eigenvalue weighted by atomic mass is 10.2. The van der Waals surface area contributed by atoms with Crippen LogP contribution in [-0.4, -0.2) is 38.3 Å². The first kappa shape index (κ1) is 15.0. The molecule has 24 heavy (non-hydrogen) atoms. The fraction of sp³-hybridized carbons (Fsp3) is 0.316. The lowest BCUT2D eigenvalue weighted by Gasteiger charge is -2.33. The van der Waals surface area contributed by atoms with Crippen molar-refractivity contribution in [2.24, 2.45) is 0 Å². The fourth-order valence-corrected chi connectivity index (χ4v) is 3.34. The molecule has 0 radical (unpaired) electrons. The molecular formula is C19H22N3O2+. The molecule has 124 valence electrons. The molecule has 0 saturated carbocycles.